The second-order valence-electron chi connectivity index (χ2n) is 14.6. The molecular weight excluding hydrogens is 637 g/mol. The zero-order chi connectivity index (χ0) is 37.0. The van der Waals surface area contributed by atoms with E-state index in [0.29, 0.717) is 0 Å². The minimum absolute atomic E-state index is 0.167. The van der Waals surface area contributed by atoms with Gasteiger partial charge in [0.1, 0.15) is 6.61 Å². The fourth-order valence-corrected chi connectivity index (χ4v) is 6.47. The molecule has 0 saturated carbocycles. The summed E-state index contributed by atoms with van der Waals surface area (Å²) in [6.07, 6.45) is 0.736. The van der Waals surface area contributed by atoms with Gasteiger partial charge < -0.3 is 14.5 Å². The van der Waals surface area contributed by atoms with Gasteiger partial charge in [-0.05, 0) is 160 Å². The van der Waals surface area contributed by atoms with Crippen molar-refractivity contribution in [2.24, 2.45) is 5.41 Å². The molecule has 6 aromatic rings. The highest BCUT2D eigenvalue weighted by Crippen LogP contribution is 2.40. The van der Waals surface area contributed by atoms with Crippen LogP contribution < -0.4 is 9.80 Å². The van der Waals surface area contributed by atoms with E-state index in [1.807, 2.05) is 20.8 Å². The summed E-state index contributed by atoms with van der Waals surface area (Å²) in [6.45, 7) is 16.8. The minimum Gasteiger partial charge on any atom is -0.460 e. The van der Waals surface area contributed by atoms with Crippen molar-refractivity contribution in [3.8, 4) is 11.1 Å². The van der Waals surface area contributed by atoms with Crippen LogP contribution in [-0.2, 0) is 16.1 Å². The summed E-state index contributed by atoms with van der Waals surface area (Å²) in [5.41, 5.74) is 15.5. The average Bonchev–Trinajstić information content (AvgIpc) is 3.14. The Labute approximate surface area is 310 Å². The SMILES string of the molecule is CCC(C)(C)C(=O)OCc1ccc(N(c2ccc(-c3ccc(N(c4ccccc4C)c4cc(C)ccc4C)cc3)cc2)c2cccc(C)c2)cc1C. The van der Waals surface area contributed by atoms with Crippen LogP contribution in [-0.4, -0.2) is 5.97 Å². The predicted molar refractivity (Wildman–Crippen MR) is 219 cm³/mol. The number of aryl methyl sites for hydroxylation is 5. The van der Waals surface area contributed by atoms with Gasteiger partial charge in [0.25, 0.3) is 0 Å². The van der Waals surface area contributed by atoms with Crippen LogP contribution in [0.4, 0.5) is 34.1 Å². The lowest BCUT2D eigenvalue weighted by atomic mass is 9.91. The molecule has 0 aliphatic heterocycles. The van der Waals surface area contributed by atoms with Crippen molar-refractivity contribution in [3.63, 3.8) is 0 Å². The molecule has 4 nitrogen and oxygen atoms in total. The molecule has 6 rings (SSSR count). The first-order chi connectivity index (χ1) is 24.9. The number of nitrogens with zero attached hydrogens (tertiary/aromatic N) is 2. The molecule has 52 heavy (non-hydrogen) atoms. The van der Waals surface area contributed by atoms with Crippen LogP contribution in [0.3, 0.4) is 0 Å². The summed E-state index contributed by atoms with van der Waals surface area (Å²) in [5.74, 6) is -0.167. The van der Waals surface area contributed by atoms with Crippen molar-refractivity contribution >= 4 is 40.1 Å². The maximum absolute atomic E-state index is 12.7. The van der Waals surface area contributed by atoms with Gasteiger partial charge in [-0.2, -0.15) is 0 Å². The highest BCUT2D eigenvalue weighted by molar-refractivity contribution is 5.83. The number of hydrogen-bond acceptors (Lipinski definition) is 4. The zero-order valence-electron chi connectivity index (χ0n) is 31.8. The summed E-state index contributed by atoms with van der Waals surface area (Å²) < 4.78 is 5.73. The molecule has 0 unspecified atom stereocenters. The summed E-state index contributed by atoms with van der Waals surface area (Å²) in [6, 6.07) is 47.8. The number of carbonyl (C=O) groups excluding carboxylic acids is 1. The van der Waals surface area contributed by atoms with Gasteiger partial charge in [0, 0.05) is 34.1 Å². The number of benzene rings is 6. The second-order valence-corrected chi connectivity index (χ2v) is 14.6. The van der Waals surface area contributed by atoms with E-state index < -0.39 is 5.41 Å². The third-order valence-electron chi connectivity index (χ3n) is 10.2. The molecule has 264 valence electrons. The highest BCUT2D eigenvalue weighted by atomic mass is 16.5. The van der Waals surface area contributed by atoms with Gasteiger partial charge in [-0.25, -0.2) is 0 Å². The summed E-state index contributed by atoms with van der Waals surface area (Å²) in [7, 11) is 0. The van der Waals surface area contributed by atoms with Crippen LogP contribution in [0.2, 0.25) is 0 Å². The van der Waals surface area contributed by atoms with Crippen molar-refractivity contribution in [3.05, 3.63) is 167 Å². The van der Waals surface area contributed by atoms with E-state index in [9.17, 15) is 4.79 Å². The number of carbonyl (C=O) groups is 1. The van der Waals surface area contributed by atoms with E-state index in [-0.39, 0.29) is 12.6 Å². The molecule has 6 aromatic carbocycles. The number of rotatable bonds is 11. The molecule has 0 aliphatic carbocycles. The summed E-state index contributed by atoms with van der Waals surface area (Å²) >= 11 is 0. The number of esters is 1. The van der Waals surface area contributed by atoms with E-state index in [1.165, 1.54) is 33.6 Å². The predicted octanol–water partition coefficient (Wildman–Crippen LogP) is 13.3. The quantitative estimate of drug-likeness (QED) is 0.127. The first-order valence-electron chi connectivity index (χ1n) is 18.2. The molecule has 0 atom stereocenters. The first kappa shape index (κ1) is 36.2. The zero-order valence-corrected chi connectivity index (χ0v) is 31.8. The standard InChI is InChI=1S/C48H50N2O2/c1-9-48(7,8)47(51)52-32-40-23-28-44(31-37(40)6)49(43-15-12-13-33(2)29-43)41-24-19-38(20-25-41)39-21-26-42(27-22-39)50(45-16-11-10-14-35(45)4)46-30-34(3)17-18-36(46)5/h10-31H,9,32H2,1-8H3. The molecule has 0 fully saturated rings. The third kappa shape index (κ3) is 7.82. The van der Waals surface area contributed by atoms with Gasteiger partial charge in [0.15, 0.2) is 0 Å². The van der Waals surface area contributed by atoms with Gasteiger partial charge in [-0.3, -0.25) is 4.79 Å². The molecule has 0 spiro atoms. The van der Waals surface area contributed by atoms with Crippen molar-refractivity contribution < 1.29 is 9.53 Å². The van der Waals surface area contributed by atoms with Crippen molar-refractivity contribution in [2.45, 2.75) is 68.4 Å². The second kappa shape index (κ2) is 15.3. The maximum Gasteiger partial charge on any atom is 0.311 e. The molecule has 0 amide bonds. The Bertz CT molecular complexity index is 2180. The molecule has 4 heteroatoms. The van der Waals surface area contributed by atoms with Crippen molar-refractivity contribution in [1.82, 2.24) is 0 Å². The average molecular weight is 687 g/mol. The highest BCUT2D eigenvalue weighted by Gasteiger charge is 2.27. The van der Waals surface area contributed by atoms with Crippen LogP contribution in [0.5, 0.6) is 0 Å². The van der Waals surface area contributed by atoms with Gasteiger partial charge in [0.05, 0.1) is 5.41 Å². The Morgan fingerprint density at radius 1 is 0.538 bits per heavy atom. The normalized spacial score (nSPS) is 11.3. The van der Waals surface area contributed by atoms with E-state index in [4.69, 9.17) is 4.74 Å². The van der Waals surface area contributed by atoms with Gasteiger partial charge in [-0.1, -0.05) is 79.7 Å². The largest absolute Gasteiger partial charge is 0.460 e. The third-order valence-corrected chi connectivity index (χ3v) is 10.2. The number of ether oxygens (including phenoxy) is 1. The van der Waals surface area contributed by atoms with Crippen molar-refractivity contribution in [1.29, 1.82) is 0 Å². The Morgan fingerprint density at radius 3 is 1.73 bits per heavy atom. The van der Waals surface area contributed by atoms with E-state index in [2.05, 4.69) is 178 Å². The lowest BCUT2D eigenvalue weighted by Crippen LogP contribution is -2.25. The number of hydrogen-bond donors (Lipinski definition) is 0. The van der Waals surface area contributed by atoms with E-state index in [0.717, 1.165) is 51.4 Å². The Kier molecular flexibility index (Phi) is 10.7. The summed E-state index contributed by atoms with van der Waals surface area (Å²) in [5, 5.41) is 0. The Balaban J connectivity index is 1.30. The molecule has 0 bridgehead atoms. The van der Waals surface area contributed by atoms with Crippen LogP contribution in [0.15, 0.2) is 133 Å². The molecule has 0 aliphatic rings. The smallest absolute Gasteiger partial charge is 0.311 e. The van der Waals surface area contributed by atoms with Gasteiger partial charge in [0.2, 0.25) is 0 Å². The number of para-hydroxylation sites is 1. The van der Waals surface area contributed by atoms with Crippen molar-refractivity contribution in [2.75, 3.05) is 9.80 Å². The molecular formula is C48H50N2O2. The van der Waals surface area contributed by atoms with Gasteiger partial charge >= 0.3 is 5.97 Å². The van der Waals surface area contributed by atoms with E-state index >= 15 is 0 Å². The van der Waals surface area contributed by atoms with Crippen LogP contribution in [0.25, 0.3) is 11.1 Å². The van der Waals surface area contributed by atoms with Crippen LogP contribution in [0, 0.1) is 40.0 Å². The Hall–Kier alpha value is -5.61. The fraction of sp³-hybridized carbons (Fsp3) is 0.229. The summed E-state index contributed by atoms with van der Waals surface area (Å²) in [4.78, 5) is 17.3. The molecule has 0 radical (unpaired) electrons. The maximum atomic E-state index is 12.7. The molecule has 0 heterocycles. The topological polar surface area (TPSA) is 32.8 Å². The fourth-order valence-electron chi connectivity index (χ4n) is 6.47. The number of anilines is 6. The molecule has 0 N–H and O–H groups in total. The monoisotopic (exact) mass is 686 g/mol. The van der Waals surface area contributed by atoms with Gasteiger partial charge in [-0.15, -0.1) is 0 Å². The minimum atomic E-state index is -0.494. The first-order valence-corrected chi connectivity index (χ1v) is 18.2. The Morgan fingerprint density at radius 2 is 1.12 bits per heavy atom. The van der Waals surface area contributed by atoms with E-state index in [1.54, 1.807) is 0 Å². The molecule has 0 aromatic heterocycles. The van der Waals surface area contributed by atoms with Crippen LogP contribution in [0.1, 0.15) is 60.6 Å². The lowest BCUT2D eigenvalue weighted by Gasteiger charge is -2.29. The molecule has 0 saturated heterocycles. The van der Waals surface area contributed by atoms with Crippen LogP contribution >= 0.6 is 0 Å². The lowest BCUT2D eigenvalue weighted by molar-refractivity contribution is -0.155.